The van der Waals surface area contributed by atoms with Gasteiger partial charge in [-0.05, 0) is 61.5 Å². The van der Waals surface area contributed by atoms with Gasteiger partial charge in [-0.1, -0.05) is 52.2 Å². The summed E-state index contributed by atoms with van der Waals surface area (Å²) in [5, 5.41) is 0. The third-order valence-corrected chi connectivity index (χ3v) is 6.41. The van der Waals surface area contributed by atoms with Gasteiger partial charge >= 0.3 is 0 Å². The van der Waals surface area contributed by atoms with Crippen LogP contribution in [0.5, 0.6) is 0 Å². The SMILES string of the molecule is CCCC1=C(C)C(C)=C2C1CC(C)C(C)C(C)C2C. The lowest BCUT2D eigenvalue weighted by Gasteiger charge is -2.27. The van der Waals surface area contributed by atoms with Crippen molar-refractivity contribution in [1.29, 1.82) is 0 Å². The normalized spacial score (nSPS) is 39.6. The third kappa shape index (κ3) is 2.32. The summed E-state index contributed by atoms with van der Waals surface area (Å²) < 4.78 is 0. The molecule has 0 heterocycles. The summed E-state index contributed by atoms with van der Waals surface area (Å²) in [4.78, 5) is 0. The average molecular weight is 260 g/mol. The lowest BCUT2D eigenvalue weighted by Crippen LogP contribution is -2.20. The van der Waals surface area contributed by atoms with Gasteiger partial charge in [-0.25, -0.2) is 0 Å². The predicted octanol–water partition coefficient (Wildman–Crippen LogP) is 6.00. The molecule has 0 radical (unpaired) electrons. The van der Waals surface area contributed by atoms with Crippen molar-refractivity contribution in [1.82, 2.24) is 0 Å². The molecule has 1 saturated carbocycles. The van der Waals surface area contributed by atoms with Gasteiger partial charge in [-0.2, -0.15) is 0 Å². The van der Waals surface area contributed by atoms with Gasteiger partial charge in [0.1, 0.15) is 0 Å². The van der Waals surface area contributed by atoms with E-state index in [-0.39, 0.29) is 0 Å². The fraction of sp³-hybridized carbons (Fsp3) is 0.789. The Balaban J connectivity index is 2.43. The number of rotatable bonds is 2. The van der Waals surface area contributed by atoms with Crippen LogP contribution < -0.4 is 0 Å². The molecule has 5 unspecified atom stereocenters. The van der Waals surface area contributed by atoms with Crippen molar-refractivity contribution in [2.45, 2.75) is 67.7 Å². The summed E-state index contributed by atoms with van der Waals surface area (Å²) >= 11 is 0. The van der Waals surface area contributed by atoms with Crippen molar-refractivity contribution in [3.8, 4) is 0 Å². The van der Waals surface area contributed by atoms with Crippen LogP contribution in [0.3, 0.4) is 0 Å². The molecule has 2 aliphatic rings. The highest BCUT2D eigenvalue weighted by Gasteiger charge is 2.40. The molecule has 0 aromatic carbocycles. The molecule has 0 N–H and O–H groups in total. The Morgan fingerprint density at radius 2 is 1.58 bits per heavy atom. The molecule has 0 bridgehead atoms. The molecule has 0 aliphatic heterocycles. The Morgan fingerprint density at radius 1 is 0.947 bits per heavy atom. The monoisotopic (exact) mass is 260 g/mol. The van der Waals surface area contributed by atoms with Gasteiger partial charge in [0.2, 0.25) is 0 Å². The molecule has 0 saturated heterocycles. The lowest BCUT2D eigenvalue weighted by molar-refractivity contribution is 0.245. The molecular weight excluding hydrogens is 228 g/mol. The minimum atomic E-state index is 0.759. The highest BCUT2D eigenvalue weighted by atomic mass is 14.4. The number of allylic oxidation sites excluding steroid dienone is 4. The van der Waals surface area contributed by atoms with E-state index in [1.807, 2.05) is 0 Å². The molecule has 108 valence electrons. The maximum atomic E-state index is 2.48. The fourth-order valence-corrected chi connectivity index (χ4v) is 4.57. The van der Waals surface area contributed by atoms with Gasteiger partial charge in [0.25, 0.3) is 0 Å². The van der Waals surface area contributed by atoms with Crippen molar-refractivity contribution >= 4 is 0 Å². The van der Waals surface area contributed by atoms with E-state index < -0.39 is 0 Å². The topological polar surface area (TPSA) is 0 Å². The number of hydrogen-bond donors (Lipinski definition) is 0. The molecule has 0 aromatic heterocycles. The highest BCUT2D eigenvalue weighted by molar-refractivity contribution is 5.49. The molecule has 5 atom stereocenters. The first-order valence-electron chi connectivity index (χ1n) is 8.30. The smallest absolute Gasteiger partial charge is 0.00240 e. The Bertz CT molecular complexity index is 410. The maximum Gasteiger partial charge on any atom is 0.00240 e. The summed E-state index contributed by atoms with van der Waals surface area (Å²) in [6.07, 6.45) is 3.98. The quantitative estimate of drug-likeness (QED) is 0.571. The summed E-state index contributed by atoms with van der Waals surface area (Å²) in [7, 11) is 0. The van der Waals surface area contributed by atoms with Gasteiger partial charge in [-0.15, -0.1) is 0 Å². The molecule has 19 heavy (non-hydrogen) atoms. The molecular formula is C19H32. The molecule has 2 aliphatic carbocycles. The summed E-state index contributed by atoms with van der Waals surface area (Å²) in [6.45, 7) is 17.0. The first kappa shape index (κ1) is 14.9. The average Bonchev–Trinajstić information content (AvgIpc) is 2.56. The van der Waals surface area contributed by atoms with Gasteiger partial charge in [0.05, 0.1) is 0 Å². The second kappa shape index (κ2) is 5.46. The van der Waals surface area contributed by atoms with E-state index in [0.29, 0.717) is 0 Å². The first-order valence-corrected chi connectivity index (χ1v) is 8.30. The molecule has 0 amide bonds. The van der Waals surface area contributed by atoms with Crippen LogP contribution >= 0.6 is 0 Å². The number of fused-ring (bicyclic) bond motifs is 1. The van der Waals surface area contributed by atoms with Gasteiger partial charge in [0.15, 0.2) is 0 Å². The van der Waals surface area contributed by atoms with E-state index in [4.69, 9.17) is 0 Å². The van der Waals surface area contributed by atoms with Crippen LogP contribution in [0.2, 0.25) is 0 Å². The van der Waals surface area contributed by atoms with E-state index in [1.54, 1.807) is 22.3 Å². The summed E-state index contributed by atoms with van der Waals surface area (Å²) in [5.74, 6) is 4.06. The third-order valence-electron chi connectivity index (χ3n) is 6.41. The zero-order valence-corrected chi connectivity index (χ0v) is 14.0. The summed E-state index contributed by atoms with van der Waals surface area (Å²) in [6, 6.07) is 0. The standard InChI is InChI=1S/C19H32/c1-8-9-17-14(5)16(7)19-15(6)13(4)12(3)11(2)10-18(17)19/h11-13,15,18H,8-10H2,1-7H3. The summed E-state index contributed by atoms with van der Waals surface area (Å²) in [5.41, 5.74) is 6.83. The van der Waals surface area contributed by atoms with Crippen LogP contribution in [0.25, 0.3) is 0 Å². The Hall–Kier alpha value is -0.520. The van der Waals surface area contributed by atoms with Crippen LogP contribution in [0.15, 0.2) is 22.3 Å². The van der Waals surface area contributed by atoms with Gasteiger partial charge < -0.3 is 0 Å². The minimum absolute atomic E-state index is 0.759. The molecule has 2 rings (SSSR count). The van der Waals surface area contributed by atoms with Crippen molar-refractivity contribution in [3.05, 3.63) is 22.3 Å². The van der Waals surface area contributed by atoms with E-state index in [2.05, 4.69) is 48.5 Å². The number of hydrogen-bond acceptors (Lipinski definition) is 0. The second-order valence-electron chi connectivity index (χ2n) is 7.25. The van der Waals surface area contributed by atoms with E-state index in [1.165, 1.54) is 19.3 Å². The van der Waals surface area contributed by atoms with Crippen molar-refractivity contribution in [3.63, 3.8) is 0 Å². The predicted molar refractivity (Wildman–Crippen MR) is 85.1 cm³/mol. The van der Waals surface area contributed by atoms with Gasteiger partial charge in [-0.3, -0.25) is 0 Å². The van der Waals surface area contributed by atoms with Gasteiger partial charge in [0, 0.05) is 5.92 Å². The van der Waals surface area contributed by atoms with Crippen molar-refractivity contribution in [2.24, 2.45) is 29.6 Å². The minimum Gasteiger partial charge on any atom is -0.0651 e. The Morgan fingerprint density at radius 3 is 2.16 bits per heavy atom. The zero-order chi connectivity index (χ0) is 14.3. The molecule has 0 aromatic rings. The lowest BCUT2D eigenvalue weighted by atomic mass is 9.78. The van der Waals surface area contributed by atoms with Crippen molar-refractivity contribution < 1.29 is 0 Å². The van der Waals surface area contributed by atoms with Crippen molar-refractivity contribution in [2.75, 3.05) is 0 Å². The van der Waals surface area contributed by atoms with Crippen LogP contribution in [-0.4, -0.2) is 0 Å². The second-order valence-corrected chi connectivity index (χ2v) is 7.25. The molecule has 0 heteroatoms. The van der Waals surface area contributed by atoms with Crippen LogP contribution in [0, 0.1) is 29.6 Å². The molecule has 0 nitrogen and oxygen atoms in total. The zero-order valence-electron chi connectivity index (χ0n) is 14.0. The highest BCUT2D eigenvalue weighted by Crippen LogP contribution is 2.51. The molecule has 1 fully saturated rings. The Labute approximate surface area is 120 Å². The molecule has 0 spiro atoms. The van der Waals surface area contributed by atoms with Crippen LogP contribution in [-0.2, 0) is 0 Å². The largest absolute Gasteiger partial charge is 0.0651 e. The Kier molecular flexibility index (Phi) is 4.28. The van der Waals surface area contributed by atoms with Crippen LogP contribution in [0.4, 0.5) is 0 Å². The first-order chi connectivity index (χ1) is 8.90. The van der Waals surface area contributed by atoms with E-state index >= 15 is 0 Å². The van der Waals surface area contributed by atoms with E-state index in [0.717, 1.165) is 29.6 Å². The fourth-order valence-electron chi connectivity index (χ4n) is 4.57. The van der Waals surface area contributed by atoms with Crippen LogP contribution in [0.1, 0.15) is 67.7 Å². The van der Waals surface area contributed by atoms with E-state index in [9.17, 15) is 0 Å². The maximum absolute atomic E-state index is 2.48.